The molecule has 2 unspecified atom stereocenters. The molecule has 0 aromatic heterocycles. The normalized spacial score (nSPS) is 17.3. The van der Waals surface area contributed by atoms with Gasteiger partial charge >= 0.3 is 5.97 Å². The van der Waals surface area contributed by atoms with Gasteiger partial charge in [0, 0.05) is 11.0 Å². The number of carbonyl (C=O) groups excluding carboxylic acids is 2. The summed E-state index contributed by atoms with van der Waals surface area (Å²) in [6, 6.07) is 3.38. The largest absolute Gasteiger partial charge is 0.481 e. The van der Waals surface area contributed by atoms with E-state index in [0.29, 0.717) is 0 Å². The van der Waals surface area contributed by atoms with Crippen molar-refractivity contribution >= 4 is 116 Å². The van der Waals surface area contributed by atoms with Crippen LogP contribution in [0.3, 0.4) is 0 Å². The number of azo groups is 1. The number of hydrazone groups is 1. The van der Waals surface area contributed by atoms with Gasteiger partial charge in [0.2, 0.25) is 5.91 Å². The number of benzene rings is 2. The zero-order valence-electron chi connectivity index (χ0n) is 20.7. The molecule has 2 aromatic carbocycles. The van der Waals surface area contributed by atoms with Crippen molar-refractivity contribution in [3.63, 3.8) is 0 Å². The molecule has 42 heavy (non-hydrogen) atoms. The van der Waals surface area contributed by atoms with Crippen LogP contribution >= 0.6 is 55.1 Å². The Morgan fingerprint density at radius 1 is 1.10 bits per heavy atom. The number of amides is 2. The fourth-order valence-electron chi connectivity index (χ4n) is 3.42. The standard InChI is InChI=1S/C21H17Br2Cl2N5O10S2/c1-9-18(19(33)30(29-9)14-5-12(25)16(6-11(14)24)42(38,39)40)28-27-13-4-10(2-3-15(13)41(35,36)37)26-20(34)21(23,8-22)7-17(31)32/h2-6,18H,7-8H2,1H3,(H,26,34)(H,31,32)(H,35,36,37)(H,38,39,40). The molecule has 0 saturated carbocycles. The number of rotatable bonds is 10. The van der Waals surface area contributed by atoms with E-state index in [1.165, 1.54) is 6.92 Å². The second-order valence-corrected chi connectivity index (χ2v) is 14.2. The van der Waals surface area contributed by atoms with Gasteiger partial charge in [0.05, 0.1) is 27.9 Å². The number of nitrogens with zero attached hydrogens (tertiary/aromatic N) is 4. The van der Waals surface area contributed by atoms with Gasteiger partial charge in [0.25, 0.3) is 26.1 Å². The SMILES string of the molecule is CC1=NN(c2cc(Cl)c(S(=O)(=O)O)cc2Cl)C(=O)C1N=Nc1cc(NC(=O)C(Br)(CBr)CC(=O)O)ccc1S(=O)(=O)O. The number of carboxylic acid groups (broad SMARTS) is 1. The molecule has 0 aliphatic carbocycles. The van der Waals surface area contributed by atoms with E-state index in [0.717, 1.165) is 35.3 Å². The number of aliphatic carboxylic acids is 1. The number of carboxylic acids is 1. The van der Waals surface area contributed by atoms with Crippen molar-refractivity contribution in [2.45, 2.75) is 33.5 Å². The van der Waals surface area contributed by atoms with Crippen LogP contribution in [0.25, 0.3) is 0 Å². The lowest BCUT2D eigenvalue weighted by molar-refractivity contribution is -0.139. The number of hydrogen-bond acceptors (Lipinski definition) is 10. The van der Waals surface area contributed by atoms with E-state index in [4.69, 9.17) is 28.3 Å². The summed E-state index contributed by atoms with van der Waals surface area (Å²) in [5, 5.41) is 23.1. The molecular weight excluding hydrogens is 777 g/mol. The Morgan fingerprint density at radius 3 is 2.26 bits per heavy atom. The highest BCUT2D eigenvalue weighted by Crippen LogP contribution is 2.37. The van der Waals surface area contributed by atoms with E-state index < -0.39 is 75.3 Å². The third kappa shape index (κ3) is 7.51. The fourth-order valence-corrected chi connectivity index (χ4v) is 6.15. The molecule has 21 heteroatoms. The van der Waals surface area contributed by atoms with Crippen LogP contribution in [0.2, 0.25) is 10.0 Å². The Balaban J connectivity index is 1.96. The molecule has 4 N–H and O–H groups in total. The number of anilines is 2. The maximum absolute atomic E-state index is 13.1. The van der Waals surface area contributed by atoms with E-state index in [1.54, 1.807) is 0 Å². The first-order valence-electron chi connectivity index (χ1n) is 10.9. The number of carbonyl (C=O) groups is 3. The van der Waals surface area contributed by atoms with E-state index >= 15 is 0 Å². The van der Waals surface area contributed by atoms with Crippen LogP contribution in [0.4, 0.5) is 17.1 Å². The van der Waals surface area contributed by atoms with Gasteiger partial charge in [-0.3, -0.25) is 23.5 Å². The minimum Gasteiger partial charge on any atom is -0.481 e. The van der Waals surface area contributed by atoms with Gasteiger partial charge in [-0.05, 0) is 37.3 Å². The molecule has 2 aromatic rings. The van der Waals surface area contributed by atoms with Crippen molar-refractivity contribution in [3.05, 3.63) is 40.4 Å². The van der Waals surface area contributed by atoms with Gasteiger partial charge in [0.1, 0.15) is 19.8 Å². The lowest BCUT2D eigenvalue weighted by Crippen LogP contribution is -2.40. The molecule has 1 heterocycles. The smallest absolute Gasteiger partial charge is 0.305 e. The molecular formula is C21H17Br2Cl2N5O10S2. The zero-order chi connectivity index (χ0) is 31.8. The first-order valence-corrected chi connectivity index (χ1v) is 16.5. The summed E-state index contributed by atoms with van der Waals surface area (Å²) >= 11 is 18.2. The fraction of sp³-hybridized carbons (Fsp3) is 0.238. The summed E-state index contributed by atoms with van der Waals surface area (Å²) < 4.78 is 64.2. The van der Waals surface area contributed by atoms with Gasteiger partial charge in [-0.15, -0.1) is 0 Å². The highest BCUT2D eigenvalue weighted by molar-refractivity contribution is 9.12. The van der Waals surface area contributed by atoms with Crippen molar-refractivity contribution < 1.29 is 45.4 Å². The van der Waals surface area contributed by atoms with Gasteiger partial charge in [-0.1, -0.05) is 55.1 Å². The molecule has 0 spiro atoms. The zero-order valence-corrected chi connectivity index (χ0v) is 27.0. The van der Waals surface area contributed by atoms with Gasteiger partial charge < -0.3 is 10.4 Å². The predicted octanol–water partition coefficient (Wildman–Crippen LogP) is 4.30. The molecule has 3 rings (SSSR count). The Hall–Kier alpha value is -2.52. The lowest BCUT2D eigenvalue weighted by Gasteiger charge is -2.22. The van der Waals surface area contributed by atoms with Gasteiger partial charge in [-0.25, -0.2) is 0 Å². The Bertz CT molecular complexity index is 1770. The highest BCUT2D eigenvalue weighted by atomic mass is 79.9. The number of nitrogens with one attached hydrogen (secondary N) is 1. The monoisotopic (exact) mass is 791 g/mol. The molecule has 2 amide bonds. The maximum atomic E-state index is 13.1. The van der Waals surface area contributed by atoms with E-state index in [2.05, 4.69) is 52.5 Å². The number of hydrogen-bond donors (Lipinski definition) is 4. The van der Waals surface area contributed by atoms with Crippen molar-refractivity contribution in [3.8, 4) is 0 Å². The molecule has 0 saturated heterocycles. The first-order chi connectivity index (χ1) is 19.3. The maximum Gasteiger partial charge on any atom is 0.305 e. The Morgan fingerprint density at radius 2 is 1.71 bits per heavy atom. The highest BCUT2D eigenvalue weighted by Gasteiger charge is 2.38. The lowest BCUT2D eigenvalue weighted by atomic mass is 10.1. The van der Waals surface area contributed by atoms with E-state index in [9.17, 15) is 40.3 Å². The molecule has 1 aliphatic heterocycles. The summed E-state index contributed by atoms with van der Waals surface area (Å²) in [7, 11) is -9.60. The molecule has 226 valence electrons. The van der Waals surface area contributed by atoms with Crippen LogP contribution in [0.15, 0.2) is 55.5 Å². The van der Waals surface area contributed by atoms with Crippen LogP contribution < -0.4 is 10.3 Å². The Labute approximate surface area is 264 Å². The molecule has 0 bridgehead atoms. The average Bonchev–Trinajstić information content (AvgIpc) is 3.14. The van der Waals surface area contributed by atoms with Crippen LogP contribution in [0.5, 0.6) is 0 Å². The molecule has 1 aliphatic rings. The minimum absolute atomic E-state index is 0.0442. The number of halogens is 4. The van der Waals surface area contributed by atoms with Crippen LogP contribution in [-0.4, -0.2) is 70.2 Å². The molecule has 2 atom stereocenters. The summed E-state index contributed by atoms with van der Waals surface area (Å²) in [5.74, 6) is -2.94. The summed E-state index contributed by atoms with van der Waals surface area (Å²) in [4.78, 5) is 35.6. The molecule has 0 radical (unpaired) electrons. The van der Waals surface area contributed by atoms with Crippen molar-refractivity contribution in [2.24, 2.45) is 15.3 Å². The summed E-state index contributed by atoms with van der Waals surface area (Å²) in [6.07, 6.45) is -0.605. The van der Waals surface area contributed by atoms with Crippen LogP contribution in [-0.2, 0) is 34.6 Å². The van der Waals surface area contributed by atoms with Crippen molar-refractivity contribution in [1.82, 2.24) is 0 Å². The topological polar surface area (TPSA) is 233 Å². The summed E-state index contributed by atoms with van der Waals surface area (Å²) in [6.45, 7) is 1.38. The summed E-state index contributed by atoms with van der Waals surface area (Å²) in [5.41, 5.74) is -0.666. The second kappa shape index (κ2) is 12.6. The van der Waals surface area contributed by atoms with Crippen LogP contribution in [0, 0.1) is 0 Å². The molecule has 0 fully saturated rings. The third-order valence-electron chi connectivity index (χ3n) is 5.43. The Kier molecular flexibility index (Phi) is 10.2. The average molecular weight is 794 g/mol. The van der Waals surface area contributed by atoms with E-state index in [1.807, 2.05) is 0 Å². The van der Waals surface area contributed by atoms with Gasteiger partial charge in [0.15, 0.2) is 6.04 Å². The third-order valence-corrected chi connectivity index (χ3v) is 10.6. The second-order valence-electron chi connectivity index (χ2n) is 8.50. The van der Waals surface area contributed by atoms with Crippen molar-refractivity contribution in [2.75, 3.05) is 15.7 Å². The van der Waals surface area contributed by atoms with Crippen LogP contribution in [0.1, 0.15) is 13.3 Å². The quantitative estimate of drug-likeness (QED) is 0.151. The minimum atomic E-state index is -4.87. The van der Waals surface area contributed by atoms with Crippen molar-refractivity contribution in [1.29, 1.82) is 0 Å². The predicted molar refractivity (Wildman–Crippen MR) is 158 cm³/mol. The van der Waals surface area contributed by atoms with E-state index in [-0.39, 0.29) is 27.4 Å². The van der Waals surface area contributed by atoms with Gasteiger partial charge in [-0.2, -0.15) is 37.2 Å². The molecule has 15 nitrogen and oxygen atoms in total. The first kappa shape index (κ1) is 34.0. The number of alkyl halides is 2.